The molecule has 0 aromatic heterocycles. The quantitative estimate of drug-likeness (QED) is 0.792. The average molecular weight is 265 g/mol. The first-order chi connectivity index (χ1) is 9.08. The third-order valence-electron chi connectivity index (χ3n) is 3.01. The number of carbonyl (C=O) groups is 1. The molecule has 0 aliphatic heterocycles. The number of nitrogens with one attached hydrogen (secondary N) is 1. The second kappa shape index (κ2) is 7.79. The maximum Gasteiger partial charge on any atom is 0.261 e. The van der Waals surface area contributed by atoms with Gasteiger partial charge in [-0.3, -0.25) is 4.79 Å². The summed E-state index contributed by atoms with van der Waals surface area (Å²) in [6, 6.07) is 9.04. The van der Waals surface area contributed by atoms with Gasteiger partial charge < -0.3 is 15.2 Å². The number of ether oxygens (including phenoxy) is 1. The van der Waals surface area contributed by atoms with Crippen LogP contribution in [0, 0.1) is 5.92 Å². The smallest absolute Gasteiger partial charge is 0.261 e. The van der Waals surface area contributed by atoms with Crippen LogP contribution in [0.3, 0.4) is 0 Å². The van der Waals surface area contributed by atoms with Crippen molar-refractivity contribution < 1.29 is 14.6 Å². The van der Waals surface area contributed by atoms with E-state index in [0.717, 1.165) is 0 Å². The Morgan fingerprint density at radius 1 is 1.32 bits per heavy atom. The molecule has 4 heteroatoms. The van der Waals surface area contributed by atoms with Crippen LogP contribution in [0.4, 0.5) is 0 Å². The summed E-state index contributed by atoms with van der Waals surface area (Å²) in [5, 5.41) is 12.1. The Labute approximate surface area is 114 Å². The molecule has 1 aromatic rings. The van der Waals surface area contributed by atoms with Gasteiger partial charge in [-0.15, -0.1) is 0 Å². The lowest BCUT2D eigenvalue weighted by Gasteiger charge is -2.23. The Kier molecular flexibility index (Phi) is 6.36. The van der Waals surface area contributed by atoms with Gasteiger partial charge in [0.1, 0.15) is 5.75 Å². The normalized spacial score (nSPS) is 13.9. The summed E-state index contributed by atoms with van der Waals surface area (Å²) in [6.45, 7) is 5.75. The van der Waals surface area contributed by atoms with Crippen molar-refractivity contribution in [1.82, 2.24) is 5.32 Å². The molecular formula is C15H23NO3. The first-order valence-electron chi connectivity index (χ1n) is 6.71. The van der Waals surface area contributed by atoms with Gasteiger partial charge in [0.05, 0.1) is 12.6 Å². The molecule has 2 N–H and O–H groups in total. The standard InChI is InChI=1S/C15H23NO3/c1-4-14(19-12-8-6-5-7-9-12)15(18)16-13(10-17)11(2)3/h5-9,11,13-14,17H,4,10H2,1-3H3,(H,16,18). The molecule has 0 spiro atoms. The maximum absolute atomic E-state index is 12.1. The molecule has 0 radical (unpaired) electrons. The Morgan fingerprint density at radius 3 is 2.42 bits per heavy atom. The monoisotopic (exact) mass is 265 g/mol. The Hall–Kier alpha value is -1.55. The predicted molar refractivity (Wildman–Crippen MR) is 75.0 cm³/mol. The van der Waals surface area contributed by atoms with Crippen LogP contribution in [0.5, 0.6) is 5.75 Å². The number of benzene rings is 1. The van der Waals surface area contributed by atoms with Crippen molar-refractivity contribution >= 4 is 5.91 Å². The molecule has 0 fully saturated rings. The van der Waals surface area contributed by atoms with Crippen molar-refractivity contribution in [3.8, 4) is 5.75 Å². The van der Waals surface area contributed by atoms with Crippen molar-refractivity contribution in [1.29, 1.82) is 0 Å². The molecule has 0 bridgehead atoms. The van der Waals surface area contributed by atoms with E-state index in [1.165, 1.54) is 0 Å². The summed E-state index contributed by atoms with van der Waals surface area (Å²) < 4.78 is 5.66. The highest BCUT2D eigenvalue weighted by atomic mass is 16.5. The molecule has 106 valence electrons. The van der Waals surface area contributed by atoms with Gasteiger partial charge in [-0.25, -0.2) is 0 Å². The summed E-state index contributed by atoms with van der Waals surface area (Å²) in [5.41, 5.74) is 0. The molecule has 0 aliphatic rings. The minimum absolute atomic E-state index is 0.0643. The SMILES string of the molecule is CCC(Oc1ccccc1)C(=O)NC(CO)C(C)C. The van der Waals surface area contributed by atoms with E-state index in [1.807, 2.05) is 51.1 Å². The van der Waals surface area contributed by atoms with E-state index in [4.69, 9.17) is 4.74 Å². The molecule has 4 nitrogen and oxygen atoms in total. The summed E-state index contributed by atoms with van der Waals surface area (Å²) >= 11 is 0. The number of aliphatic hydroxyl groups is 1. The van der Waals surface area contributed by atoms with E-state index in [-0.39, 0.29) is 24.5 Å². The number of hydrogen-bond acceptors (Lipinski definition) is 3. The van der Waals surface area contributed by atoms with E-state index in [9.17, 15) is 9.90 Å². The first-order valence-corrected chi connectivity index (χ1v) is 6.71. The minimum atomic E-state index is -0.532. The van der Waals surface area contributed by atoms with Gasteiger partial charge in [0.2, 0.25) is 0 Å². The Bertz CT molecular complexity index is 378. The lowest BCUT2D eigenvalue weighted by Crippen LogP contribution is -2.47. The molecule has 1 aromatic carbocycles. The van der Waals surface area contributed by atoms with Crippen molar-refractivity contribution in [2.45, 2.75) is 39.3 Å². The Balaban J connectivity index is 2.61. The van der Waals surface area contributed by atoms with Crippen LogP contribution < -0.4 is 10.1 Å². The fourth-order valence-corrected chi connectivity index (χ4v) is 1.68. The fraction of sp³-hybridized carbons (Fsp3) is 0.533. The van der Waals surface area contributed by atoms with Gasteiger partial charge >= 0.3 is 0 Å². The molecule has 1 amide bonds. The van der Waals surface area contributed by atoms with Gasteiger partial charge in [-0.05, 0) is 24.5 Å². The number of rotatable bonds is 7. The molecule has 1 rings (SSSR count). The second-order valence-corrected chi connectivity index (χ2v) is 4.87. The van der Waals surface area contributed by atoms with E-state index in [0.29, 0.717) is 12.2 Å². The largest absolute Gasteiger partial charge is 0.481 e. The van der Waals surface area contributed by atoms with E-state index >= 15 is 0 Å². The highest BCUT2D eigenvalue weighted by Gasteiger charge is 2.22. The Morgan fingerprint density at radius 2 is 1.95 bits per heavy atom. The maximum atomic E-state index is 12.1. The van der Waals surface area contributed by atoms with Crippen molar-refractivity contribution in [2.75, 3.05) is 6.61 Å². The summed E-state index contributed by atoms with van der Waals surface area (Å²) in [7, 11) is 0. The molecule has 19 heavy (non-hydrogen) atoms. The molecular weight excluding hydrogens is 242 g/mol. The van der Waals surface area contributed by atoms with Crippen LogP contribution in [0.1, 0.15) is 27.2 Å². The molecule has 0 saturated heterocycles. The third-order valence-corrected chi connectivity index (χ3v) is 3.01. The van der Waals surface area contributed by atoms with Crippen molar-refractivity contribution in [3.05, 3.63) is 30.3 Å². The van der Waals surface area contributed by atoms with E-state index < -0.39 is 6.10 Å². The first kappa shape index (κ1) is 15.5. The van der Waals surface area contributed by atoms with E-state index in [1.54, 1.807) is 0 Å². The number of para-hydroxylation sites is 1. The molecule has 2 atom stereocenters. The van der Waals surface area contributed by atoms with Gasteiger partial charge in [0.25, 0.3) is 5.91 Å². The zero-order valence-electron chi connectivity index (χ0n) is 11.8. The van der Waals surface area contributed by atoms with Gasteiger partial charge in [-0.1, -0.05) is 39.0 Å². The van der Waals surface area contributed by atoms with Crippen LogP contribution in [-0.2, 0) is 4.79 Å². The zero-order valence-corrected chi connectivity index (χ0v) is 11.8. The summed E-state index contributed by atoms with van der Waals surface area (Å²) in [4.78, 5) is 12.1. The average Bonchev–Trinajstić information content (AvgIpc) is 2.42. The van der Waals surface area contributed by atoms with Crippen molar-refractivity contribution in [3.63, 3.8) is 0 Å². The number of carbonyl (C=O) groups excluding carboxylic acids is 1. The number of amides is 1. The highest BCUT2D eigenvalue weighted by Crippen LogP contribution is 2.13. The predicted octanol–water partition coefficient (Wildman–Crippen LogP) is 1.98. The molecule has 0 aliphatic carbocycles. The summed E-state index contributed by atoms with van der Waals surface area (Å²) in [5.74, 6) is 0.678. The summed E-state index contributed by atoms with van der Waals surface area (Å²) in [6.07, 6.45) is 0.0481. The van der Waals surface area contributed by atoms with Crippen molar-refractivity contribution in [2.24, 2.45) is 5.92 Å². The number of aliphatic hydroxyl groups excluding tert-OH is 1. The van der Waals surface area contributed by atoms with Gasteiger partial charge in [-0.2, -0.15) is 0 Å². The van der Waals surface area contributed by atoms with Gasteiger partial charge in [0.15, 0.2) is 6.10 Å². The topological polar surface area (TPSA) is 58.6 Å². The lowest BCUT2D eigenvalue weighted by atomic mass is 10.0. The molecule has 0 saturated carbocycles. The number of hydrogen-bond donors (Lipinski definition) is 2. The zero-order chi connectivity index (χ0) is 14.3. The second-order valence-electron chi connectivity index (χ2n) is 4.87. The molecule has 0 heterocycles. The third kappa shape index (κ3) is 4.91. The minimum Gasteiger partial charge on any atom is -0.481 e. The van der Waals surface area contributed by atoms with Crippen LogP contribution >= 0.6 is 0 Å². The van der Waals surface area contributed by atoms with Gasteiger partial charge in [0, 0.05) is 0 Å². The molecule has 2 unspecified atom stereocenters. The van der Waals surface area contributed by atoms with Crippen LogP contribution in [-0.4, -0.2) is 29.8 Å². The highest BCUT2D eigenvalue weighted by molar-refractivity contribution is 5.81. The lowest BCUT2D eigenvalue weighted by molar-refractivity contribution is -0.129. The van der Waals surface area contributed by atoms with Crippen LogP contribution in [0.2, 0.25) is 0 Å². The van der Waals surface area contributed by atoms with Crippen LogP contribution in [0.15, 0.2) is 30.3 Å². The van der Waals surface area contributed by atoms with E-state index in [2.05, 4.69) is 5.32 Å². The fourth-order valence-electron chi connectivity index (χ4n) is 1.68. The van der Waals surface area contributed by atoms with Crippen LogP contribution in [0.25, 0.3) is 0 Å².